The summed E-state index contributed by atoms with van der Waals surface area (Å²) in [6, 6.07) is 0. The third kappa shape index (κ3) is 4.72. The van der Waals surface area contributed by atoms with Crippen LogP contribution in [0.1, 0.15) is 13.8 Å². The molecule has 7 heteroatoms. The highest BCUT2D eigenvalue weighted by atomic mass is 32.2. The van der Waals surface area contributed by atoms with Crippen molar-refractivity contribution in [3.8, 4) is 0 Å². The Morgan fingerprint density at radius 2 is 1.94 bits per heavy atom. The van der Waals surface area contributed by atoms with E-state index >= 15 is 0 Å². The van der Waals surface area contributed by atoms with Gasteiger partial charge in [0, 0.05) is 26.2 Å². The molecule has 0 bridgehead atoms. The molecule has 1 aliphatic heterocycles. The van der Waals surface area contributed by atoms with Crippen molar-refractivity contribution in [1.29, 1.82) is 0 Å². The summed E-state index contributed by atoms with van der Waals surface area (Å²) in [5, 5.41) is 0. The smallest absolute Gasteiger partial charge is 0.279 e. The van der Waals surface area contributed by atoms with E-state index in [0.717, 1.165) is 0 Å². The highest BCUT2D eigenvalue weighted by molar-refractivity contribution is 7.87. The molecule has 2 atom stereocenters. The SMILES string of the molecule is CC1CN(S(=O)(=O)NC/C=C/CN)CC(C)O1. The fourth-order valence-corrected chi connectivity index (χ4v) is 3.05. The Hall–Kier alpha value is -0.470. The molecule has 0 aromatic heterocycles. The molecule has 1 fully saturated rings. The second-order valence-electron chi connectivity index (χ2n) is 4.13. The maximum atomic E-state index is 11.9. The first kappa shape index (κ1) is 14.6. The van der Waals surface area contributed by atoms with Crippen LogP contribution in [0.3, 0.4) is 0 Å². The van der Waals surface area contributed by atoms with Gasteiger partial charge in [-0.3, -0.25) is 0 Å². The van der Waals surface area contributed by atoms with Crippen LogP contribution in [0, 0.1) is 0 Å². The van der Waals surface area contributed by atoms with Gasteiger partial charge in [0.2, 0.25) is 0 Å². The Labute approximate surface area is 103 Å². The summed E-state index contributed by atoms with van der Waals surface area (Å²) in [7, 11) is -3.42. The van der Waals surface area contributed by atoms with E-state index in [1.807, 2.05) is 13.8 Å². The number of hydrogen-bond acceptors (Lipinski definition) is 4. The number of hydrogen-bond donors (Lipinski definition) is 2. The molecule has 0 radical (unpaired) electrons. The minimum atomic E-state index is -3.42. The predicted octanol–water partition coefficient (Wildman–Crippen LogP) is -0.555. The van der Waals surface area contributed by atoms with E-state index < -0.39 is 10.2 Å². The second kappa shape index (κ2) is 6.46. The Morgan fingerprint density at radius 3 is 2.47 bits per heavy atom. The molecule has 1 rings (SSSR count). The van der Waals surface area contributed by atoms with Crippen LogP contribution in [-0.2, 0) is 14.9 Å². The van der Waals surface area contributed by atoms with Gasteiger partial charge in [-0.05, 0) is 13.8 Å². The van der Waals surface area contributed by atoms with Crippen LogP contribution in [0.5, 0.6) is 0 Å². The predicted molar refractivity (Wildman–Crippen MR) is 66.7 cm³/mol. The van der Waals surface area contributed by atoms with Gasteiger partial charge in [-0.25, -0.2) is 0 Å². The van der Waals surface area contributed by atoms with Crippen LogP contribution in [0.4, 0.5) is 0 Å². The maximum Gasteiger partial charge on any atom is 0.279 e. The average Bonchev–Trinajstić information content (AvgIpc) is 2.23. The van der Waals surface area contributed by atoms with Gasteiger partial charge in [0.1, 0.15) is 0 Å². The van der Waals surface area contributed by atoms with Gasteiger partial charge in [0.15, 0.2) is 0 Å². The Balaban J connectivity index is 2.54. The molecule has 17 heavy (non-hydrogen) atoms. The first-order chi connectivity index (χ1) is 7.95. The largest absolute Gasteiger partial charge is 0.373 e. The summed E-state index contributed by atoms with van der Waals surface area (Å²) in [5.74, 6) is 0. The molecule has 1 saturated heterocycles. The molecule has 0 aromatic rings. The van der Waals surface area contributed by atoms with Gasteiger partial charge >= 0.3 is 0 Å². The Morgan fingerprint density at radius 1 is 1.35 bits per heavy atom. The second-order valence-corrected chi connectivity index (χ2v) is 5.89. The standard InChI is InChI=1S/C10H21N3O3S/c1-9-7-13(8-10(2)16-9)17(14,15)12-6-4-3-5-11/h3-4,9-10,12H,5-8,11H2,1-2H3/b4-3+. The lowest BCUT2D eigenvalue weighted by Crippen LogP contribution is -2.51. The fourth-order valence-electron chi connectivity index (χ4n) is 1.75. The summed E-state index contributed by atoms with van der Waals surface area (Å²) in [5.41, 5.74) is 5.27. The van der Waals surface area contributed by atoms with E-state index in [4.69, 9.17) is 10.5 Å². The summed E-state index contributed by atoms with van der Waals surface area (Å²) in [6.45, 7) is 5.19. The quantitative estimate of drug-likeness (QED) is 0.652. The lowest BCUT2D eigenvalue weighted by molar-refractivity contribution is -0.0443. The molecule has 100 valence electrons. The first-order valence-corrected chi connectivity index (χ1v) is 7.15. The molecule has 2 unspecified atom stereocenters. The van der Waals surface area contributed by atoms with E-state index in [1.54, 1.807) is 12.2 Å². The van der Waals surface area contributed by atoms with Crippen LogP contribution >= 0.6 is 0 Å². The van der Waals surface area contributed by atoms with Crippen LogP contribution in [0.25, 0.3) is 0 Å². The molecule has 6 nitrogen and oxygen atoms in total. The number of rotatable bonds is 5. The zero-order valence-corrected chi connectivity index (χ0v) is 11.1. The molecule has 0 saturated carbocycles. The third-order valence-electron chi connectivity index (χ3n) is 2.41. The number of nitrogens with one attached hydrogen (secondary N) is 1. The van der Waals surface area contributed by atoms with Crippen LogP contribution in [-0.4, -0.2) is 51.1 Å². The molecule has 0 aromatic carbocycles. The molecule has 3 N–H and O–H groups in total. The van der Waals surface area contributed by atoms with Crippen molar-refractivity contribution < 1.29 is 13.2 Å². The van der Waals surface area contributed by atoms with E-state index in [2.05, 4.69) is 4.72 Å². The van der Waals surface area contributed by atoms with Gasteiger partial charge in [0.05, 0.1) is 12.2 Å². The number of nitrogens with two attached hydrogens (primary N) is 1. The zero-order valence-electron chi connectivity index (χ0n) is 10.3. The van der Waals surface area contributed by atoms with Gasteiger partial charge in [-0.1, -0.05) is 12.2 Å². The molecular weight excluding hydrogens is 242 g/mol. The molecule has 0 spiro atoms. The number of morpholine rings is 1. The van der Waals surface area contributed by atoms with Crippen LogP contribution < -0.4 is 10.5 Å². The summed E-state index contributed by atoms with van der Waals surface area (Å²) in [6.07, 6.45) is 3.27. The molecule has 0 aliphatic carbocycles. The normalized spacial score (nSPS) is 27.7. The topological polar surface area (TPSA) is 84.7 Å². The monoisotopic (exact) mass is 263 g/mol. The van der Waals surface area contributed by atoms with E-state index in [1.165, 1.54) is 4.31 Å². The lowest BCUT2D eigenvalue weighted by atomic mass is 10.3. The highest BCUT2D eigenvalue weighted by Gasteiger charge is 2.30. The van der Waals surface area contributed by atoms with Crippen LogP contribution in [0.15, 0.2) is 12.2 Å². The number of ether oxygens (including phenoxy) is 1. The average molecular weight is 263 g/mol. The Kier molecular flexibility index (Phi) is 5.54. The minimum absolute atomic E-state index is 0.0742. The van der Waals surface area contributed by atoms with Gasteiger partial charge < -0.3 is 10.5 Å². The van der Waals surface area contributed by atoms with Crippen molar-refractivity contribution in [3.63, 3.8) is 0 Å². The van der Waals surface area contributed by atoms with E-state index in [0.29, 0.717) is 19.6 Å². The zero-order chi connectivity index (χ0) is 12.9. The summed E-state index contributed by atoms with van der Waals surface area (Å²) < 4.78 is 33.3. The highest BCUT2D eigenvalue weighted by Crippen LogP contribution is 2.13. The Bertz CT molecular complexity index is 346. The van der Waals surface area contributed by atoms with Gasteiger partial charge in [-0.15, -0.1) is 0 Å². The van der Waals surface area contributed by atoms with E-state index in [-0.39, 0.29) is 18.8 Å². The molecular formula is C10H21N3O3S. The lowest BCUT2D eigenvalue weighted by Gasteiger charge is -2.34. The fraction of sp³-hybridized carbons (Fsp3) is 0.800. The summed E-state index contributed by atoms with van der Waals surface area (Å²) >= 11 is 0. The van der Waals surface area contributed by atoms with Gasteiger partial charge in [0.25, 0.3) is 10.2 Å². The summed E-state index contributed by atoms with van der Waals surface area (Å²) in [4.78, 5) is 0. The van der Waals surface area contributed by atoms with Crippen molar-refractivity contribution in [1.82, 2.24) is 9.03 Å². The van der Waals surface area contributed by atoms with Crippen LogP contribution in [0.2, 0.25) is 0 Å². The minimum Gasteiger partial charge on any atom is -0.373 e. The van der Waals surface area contributed by atoms with Crippen molar-refractivity contribution in [3.05, 3.63) is 12.2 Å². The van der Waals surface area contributed by atoms with Crippen molar-refractivity contribution in [2.75, 3.05) is 26.2 Å². The van der Waals surface area contributed by atoms with Crippen molar-refractivity contribution in [2.24, 2.45) is 5.73 Å². The van der Waals surface area contributed by atoms with Crippen molar-refractivity contribution >= 4 is 10.2 Å². The van der Waals surface area contributed by atoms with Gasteiger partial charge in [-0.2, -0.15) is 17.4 Å². The molecule has 1 heterocycles. The van der Waals surface area contributed by atoms with Crippen molar-refractivity contribution in [2.45, 2.75) is 26.1 Å². The molecule has 1 aliphatic rings. The maximum absolute atomic E-state index is 11.9. The third-order valence-corrected chi connectivity index (χ3v) is 3.92. The van der Waals surface area contributed by atoms with E-state index in [9.17, 15) is 8.42 Å². The number of nitrogens with zero attached hydrogens (tertiary/aromatic N) is 1. The molecule has 0 amide bonds. The first-order valence-electron chi connectivity index (χ1n) is 5.71.